The molecular formula is C22H13BrN2O. The highest BCUT2D eigenvalue weighted by Crippen LogP contribution is 2.35. The minimum atomic E-state index is 0.670. The summed E-state index contributed by atoms with van der Waals surface area (Å²) in [5.41, 5.74) is 4.72. The van der Waals surface area contributed by atoms with Crippen LogP contribution in [0.5, 0.6) is 0 Å². The molecule has 0 bridgehead atoms. The third kappa shape index (κ3) is 2.19. The molecule has 124 valence electrons. The van der Waals surface area contributed by atoms with Gasteiger partial charge in [0.05, 0.1) is 16.7 Å². The van der Waals surface area contributed by atoms with E-state index in [1.807, 2.05) is 59.1 Å². The fraction of sp³-hybridized carbons (Fsp3) is 0. The molecule has 0 fully saturated rings. The van der Waals surface area contributed by atoms with E-state index in [0.717, 1.165) is 49.2 Å². The number of pyridine rings is 1. The van der Waals surface area contributed by atoms with Gasteiger partial charge in [-0.25, -0.2) is 4.52 Å². The van der Waals surface area contributed by atoms with Crippen molar-refractivity contribution in [3.8, 4) is 11.3 Å². The molecule has 0 atom stereocenters. The number of rotatable bonds is 2. The Labute approximate surface area is 158 Å². The Morgan fingerprint density at radius 3 is 2.54 bits per heavy atom. The van der Waals surface area contributed by atoms with Crippen molar-refractivity contribution in [3.05, 3.63) is 82.8 Å². The number of hydrogen-bond donors (Lipinski definition) is 0. The lowest BCUT2D eigenvalue weighted by Crippen LogP contribution is -1.96. The maximum absolute atomic E-state index is 11.3. The second-order valence-corrected chi connectivity index (χ2v) is 7.11. The Morgan fingerprint density at radius 1 is 0.885 bits per heavy atom. The zero-order valence-corrected chi connectivity index (χ0v) is 15.3. The first-order chi connectivity index (χ1) is 12.8. The van der Waals surface area contributed by atoms with Crippen LogP contribution in [0.1, 0.15) is 10.4 Å². The Balaban J connectivity index is 2.03. The van der Waals surface area contributed by atoms with E-state index in [2.05, 4.69) is 34.1 Å². The highest BCUT2D eigenvalue weighted by molar-refractivity contribution is 9.10. The van der Waals surface area contributed by atoms with Gasteiger partial charge in [0, 0.05) is 26.4 Å². The van der Waals surface area contributed by atoms with Gasteiger partial charge in [0.15, 0.2) is 0 Å². The Bertz CT molecular complexity index is 1320. The van der Waals surface area contributed by atoms with Crippen LogP contribution in [0.25, 0.3) is 38.4 Å². The van der Waals surface area contributed by atoms with Crippen LogP contribution in [0.2, 0.25) is 0 Å². The number of halogens is 1. The standard InChI is InChI=1S/C22H13BrN2O/c23-19-7-3-1-5-17(19)21-12-15-11-14(13-26)9-10-16(15)22-18-6-2-4-8-20(18)24-25(21)22/h1-13H. The normalized spacial score (nSPS) is 11.4. The molecule has 0 saturated heterocycles. The van der Waals surface area contributed by atoms with Crippen molar-refractivity contribution in [3.63, 3.8) is 0 Å². The minimum absolute atomic E-state index is 0.670. The van der Waals surface area contributed by atoms with Crippen LogP contribution in [-0.4, -0.2) is 15.9 Å². The van der Waals surface area contributed by atoms with Gasteiger partial charge in [-0.1, -0.05) is 64.5 Å². The molecule has 4 heteroatoms. The average Bonchev–Trinajstić information content (AvgIpc) is 3.07. The van der Waals surface area contributed by atoms with Gasteiger partial charge >= 0.3 is 0 Å². The summed E-state index contributed by atoms with van der Waals surface area (Å²) in [6, 6.07) is 24.1. The van der Waals surface area contributed by atoms with E-state index >= 15 is 0 Å². The van der Waals surface area contributed by atoms with Gasteiger partial charge in [0.1, 0.15) is 6.29 Å². The fourth-order valence-electron chi connectivity index (χ4n) is 3.53. The zero-order chi connectivity index (χ0) is 17.7. The largest absolute Gasteiger partial charge is 0.298 e. The van der Waals surface area contributed by atoms with Crippen LogP contribution in [-0.2, 0) is 0 Å². The van der Waals surface area contributed by atoms with E-state index in [1.165, 1.54) is 0 Å². The Hall–Kier alpha value is -2.98. The summed E-state index contributed by atoms with van der Waals surface area (Å²) >= 11 is 3.66. The van der Waals surface area contributed by atoms with Gasteiger partial charge in [0.25, 0.3) is 0 Å². The number of carbonyl (C=O) groups excluding carboxylic acids is 1. The Kier molecular flexibility index (Phi) is 3.40. The van der Waals surface area contributed by atoms with Crippen molar-refractivity contribution in [2.24, 2.45) is 0 Å². The monoisotopic (exact) mass is 400 g/mol. The lowest BCUT2D eigenvalue weighted by atomic mass is 10.0. The van der Waals surface area contributed by atoms with Gasteiger partial charge in [-0.05, 0) is 29.7 Å². The molecule has 5 aromatic rings. The van der Waals surface area contributed by atoms with Gasteiger partial charge in [-0.2, -0.15) is 5.10 Å². The van der Waals surface area contributed by atoms with E-state index in [1.54, 1.807) is 0 Å². The second-order valence-electron chi connectivity index (χ2n) is 6.25. The van der Waals surface area contributed by atoms with E-state index < -0.39 is 0 Å². The van der Waals surface area contributed by atoms with E-state index in [0.29, 0.717) is 5.56 Å². The van der Waals surface area contributed by atoms with Gasteiger partial charge in [-0.3, -0.25) is 4.79 Å². The van der Waals surface area contributed by atoms with Gasteiger partial charge in [-0.15, -0.1) is 0 Å². The van der Waals surface area contributed by atoms with Crippen LogP contribution in [0.3, 0.4) is 0 Å². The maximum atomic E-state index is 11.3. The molecule has 0 spiro atoms. The van der Waals surface area contributed by atoms with Crippen molar-refractivity contribution in [1.82, 2.24) is 9.61 Å². The summed E-state index contributed by atoms with van der Waals surface area (Å²) in [5, 5.41) is 8.06. The van der Waals surface area contributed by atoms with Crippen LogP contribution < -0.4 is 0 Å². The van der Waals surface area contributed by atoms with Crippen molar-refractivity contribution >= 4 is 49.4 Å². The molecule has 0 amide bonds. The minimum Gasteiger partial charge on any atom is -0.298 e. The smallest absolute Gasteiger partial charge is 0.150 e. The van der Waals surface area contributed by atoms with Crippen LogP contribution in [0, 0.1) is 0 Å². The number of aldehydes is 1. The quantitative estimate of drug-likeness (QED) is 0.346. The van der Waals surface area contributed by atoms with E-state index in [-0.39, 0.29) is 0 Å². The first-order valence-corrected chi connectivity index (χ1v) is 9.10. The molecule has 0 aliphatic carbocycles. The number of aromatic nitrogens is 2. The van der Waals surface area contributed by atoms with E-state index in [4.69, 9.17) is 5.10 Å². The molecule has 5 rings (SSSR count). The number of benzene rings is 3. The molecule has 0 radical (unpaired) electrons. The molecule has 0 unspecified atom stereocenters. The molecule has 26 heavy (non-hydrogen) atoms. The third-order valence-corrected chi connectivity index (χ3v) is 5.41. The predicted molar refractivity (Wildman–Crippen MR) is 109 cm³/mol. The van der Waals surface area contributed by atoms with Gasteiger partial charge < -0.3 is 0 Å². The van der Waals surface area contributed by atoms with Crippen LogP contribution >= 0.6 is 15.9 Å². The van der Waals surface area contributed by atoms with Crippen molar-refractivity contribution in [2.45, 2.75) is 0 Å². The van der Waals surface area contributed by atoms with Crippen molar-refractivity contribution in [2.75, 3.05) is 0 Å². The summed E-state index contributed by atoms with van der Waals surface area (Å²) in [4.78, 5) is 11.3. The fourth-order valence-corrected chi connectivity index (χ4v) is 4.01. The zero-order valence-electron chi connectivity index (χ0n) is 13.7. The predicted octanol–water partition coefficient (Wildman–Crippen LogP) is 5.88. The third-order valence-electron chi connectivity index (χ3n) is 4.72. The number of nitrogens with zero attached hydrogens (tertiary/aromatic N) is 2. The molecule has 0 aliphatic heterocycles. The van der Waals surface area contributed by atoms with Crippen molar-refractivity contribution < 1.29 is 4.79 Å². The van der Waals surface area contributed by atoms with Crippen molar-refractivity contribution in [1.29, 1.82) is 0 Å². The maximum Gasteiger partial charge on any atom is 0.150 e. The molecule has 3 nitrogen and oxygen atoms in total. The first kappa shape index (κ1) is 15.3. The molecule has 0 aliphatic rings. The summed E-state index contributed by atoms with van der Waals surface area (Å²) in [6.07, 6.45) is 0.885. The SMILES string of the molecule is O=Cc1ccc2c(c1)cc(-c1ccccc1Br)n1nc3ccccc3c21. The molecular weight excluding hydrogens is 388 g/mol. The summed E-state index contributed by atoms with van der Waals surface area (Å²) < 4.78 is 3.01. The number of carbonyl (C=O) groups is 1. The molecule has 2 heterocycles. The lowest BCUT2D eigenvalue weighted by Gasteiger charge is -2.11. The summed E-state index contributed by atoms with van der Waals surface area (Å²) in [6.45, 7) is 0. The average molecular weight is 401 g/mol. The highest BCUT2D eigenvalue weighted by Gasteiger charge is 2.15. The van der Waals surface area contributed by atoms with Crippen LogP contribution in [0.15, 0.2) is 77.3 Å². The topological polar surface area (TPSA) is 34.4 Å². The Morgan fingerprint density at radius 2 is 1.69 bits per heavy atom. The molecule has 0 N–H and O–H groups in total. The highest BCUT2D eigenvalue weighted by atomic mass is 79.9. The van der Waals surface area contributed by atoms with Crippen LogP contribution in [0.4, 0.5) is 0 Å². The van der Waals surface area contributed by atoms with E-state index in [9.17, 15) is 4.79 Å². The summed E-state index contributed by atoms with van der Waals surface area (Å²) in [7, 11) is 0. The number of fused-ring (bicyclic) bond motifs is 5. The molecule has 3 aromatic carbocycles. The first-order valence-electron chi connectivity index (χ1n) is 8.30. The van der Waals surface area contributed by atoms with Gasteiger partial charge in [0.2, 0.25) is 0 Å². The second kappa shape index (κ2) is 5.78. The molecule has 0 saturated carbocycles. The molecule has 2 aromatic heterocycles. The lowest BCUT2D eigenvalue weighted by molar-refractivity contribution is 0.112. The number of hydrogen-bond acceptors (Lipinski definition) is 2. The summed E-state index contributed by atoms with van der Waals surface area (Å²) in [5.74, 6) is 0.